The fourth-order valence-corrected chi connectivity index (χ4v) is 6.43. The van der Waals surface area contributed by atoms with Crippen molar-refractivity contribution in [2.75, 3.05) is 22.9 Å². The number of alkyl halides is 6. The Hall–Kier alpha value is -5.12. The summed E-state index contributed by atoms with van der Waals surface area (Å²) < 4.78 is 81.2. The molecule has 16 heteroatoms. The van der Waals surface area contributed by atoms with Gasteiger partial charge in [0.05, 0.1) is 45.8 Å². The molecule has 2 aliphatic carbocycles. The number of hydrogen-bond acceptors (Lipinski definition) is 6. The lowest BCUT2D eigenvalue weighted by Gasteiger charge is -2.23. The van der Waals surface area contributed by atoms with Crippen LogP contribution in [0.15, 0.2) is 36.4 Å². The topological polar surface area (TPSA) is 129 Å². The van der Waals surface area contributed by atoms with Crippen LogP contribution in [0.5, 0.6) is 0 Å². The minimum atomic E-state index is -4.88. The van der Waals surface area contributed by atoms with Crippen LogP contribution in [0, 0.1) is 22.7 Å². The number of amides is 6. The first kappa shape index (κ1) is 31.8. The molecule has 4 fully saturated rings. The number of anilines is 2. The molecule has 244 valence electrons. The zero-order chi connectivity index (χ0) is 34.1. The summed E-state index contributed by atoms with van der Waals surface area (Å²) in [6.45, 7) is 0.193. The van der Waals surface area contributed by atoms with Crippen molar-refractivity contribution in [3.8, 4) is 12.1 Å². The van der Waals surface area contributed by atoms with Crippen LogP contribution in [-0.2, 0) is 21.9 Å². The summed E-state index contributed by atoms with van der Waals surface area (Å²) in [6, 6.07) is 6.65. The largest absolute Gasteiger partial charge is 0.417 e. The molecular weight excluding hydrogens is 634 g/mol. The molecule has 2 saturated heterocycles. The highest BCUT2D eigenvalue weighted by molar-refractivity contribution is 6.25. The van der Waals surface area contributed by atoms with Crippen molar-refractivity contribution in [1.29, 1.82) is 10.5 Å². The number of carbonyl (C=O) groups is 4. The number of unbranched alkanes of at least 4 members (excludes halogenated alkanes) is 2. The van der Waals surface area contributed by atoms with E-state index >= 15 is 0 Å². The van der Waals surface area contributed by atoms with E-state index in [2.05, 4.69) is 0 Å². The van der Waals surface area contributed by atoms with Crippen LogP contribution >= 0.6 is 0 Å². The van der Waals surface area contributed by atoms with E-state index in [1.165, 1.54) is 21.9 Å². The average Bonchev–Trinajstić information content (AvgIpc) is 3.94. The second kappa shape index (κ2) is 10.7. The Kier molecular flexibility index (Phi) is 7.26. The van der Waals surface area contributed by atoms with Crippen molar-refractivity contribution in [3.63, 3.8) is 0 Å². The Bertz CT molecular complexity index is 1670. The van der Waals surface area contributed by atoms with Gasteiger partial charge in [0.1, 0.15) is 11.1 Å². The molecule has 6 amide bonds. The average molecular weight is 659 g/mol. The zero-order valence-electron chi connectivity index (χ0n) is 24.4. The smallest absolute Gasteiger partial charge is 0.309 e. The van der Waals surface area contributed by atoms with Crippen molar-refractivity contribution in [2.24, 2.45) is 0 Å². The van der Waals surface area contributed by atoms with Gasteiger partial charge in [-0.2, -0.15) is 36.9 Å². The van der Waals surface area contributed by atoms with Gasteiger partial charge in [-0.15, -0.1) is 0 Å². The standard InChI is InChI=1S/C31H24F6N6O4/c32-30(33,34)22-14-20(6-4-18(22)16-38)42-24(44)28(8-9-28)40(26(42)46)12-2-1-3-13-41-27(47)43(25(45)29(41)10-11-29)21-7-5-19(17-39)23(15-21)31(35,36)37/h4-7,14-15H,1-3,8-13H2. The van der Waals surface area contributed by atoms with Gasteiger partial charge in [0.15, 0.2) is 0 Å². The fraction of sp³-hybridized carbons (Fsp3) is 0.419. The first-order valence-corrected chi connectivity index (χ1v) is 14.7. The molecular formula is C31H24F6N6O4. The van der Waals surface area contributed by atoms with Gasteiger partial charge in [-0.25, -0.2) is 19.4 Å². The SMILES string of the molecule is N#Cc1ccc(N2C(=O)N(CCCCCN3C(=O)N(c4ccc(C#N)c(C(F)(F)F)c4)C(=O)C34CC4)C3(CC3)C2=O)cc1C(F)(F)F. The van der Waals surface area contributed by atoms with Crippen LogP contribution in [0.25, 0.3) is 0 Å². The van der Waals surface area contributed by atoms with Gasteiger partial charge in [-0.05, 0) is 81.3 Å². The van der Waals surface area contributed by atoms with E-state index in [9.17, 15) is 45.5 Å². The zero-order valence-corrected chi connectivity index (χ0v) is 24.4. The van der Waals surface area contributed by atoms with E-state index in [0.717, 1.165) is 24.3 Å². The maximum Gasteiger partial charge on any atom is 0.417 e. The lowest BCUT2D eigenvalue weighted by Crippen LogP contribution is -2.38. The summed E-state index contributed by atoms with van der Waals surface area (Å²) in [5, 5.41) is 18.1. The quantitative estimate of drug-likeness (QED) is 0.196. The number of nitrogens with zero attached hydrogens (tertiary/aromatic N) is 6. The van der Waals surface area contributed by atoms with E-state index in [1.807, 2.05) is 0 Å². The second-order valence-corrected chi connectivity index (χ2v) is 12.0. The second-order valence-electron chi connectivity index (χ2n) is 12.0. The van der Waals surface area contributed by atoms with Gasteiger partial charge in [0.2, 0.25) is 0 Å². The van der Waals surface area contributed by atoms with E-state index in [0.29, 0.717) is 66.9 Å². The molecule has 4 aliphatic rings. The predicted octanol–water partition coefficient (Wildman–Crippen LogP) is 5.94. The fourth-order valence-electron chi connectivity index (χ4n) is 6.43. The number of rotatable bonds is 8. The van der Waals surface area contributed by atoms with E-state index in [1.54, 1.807) is 0 Å². The Morgan fingerprint density at radius 1 is 0.617 bits per heavy atom. The highest BCUT2D eigenvalue weighted by Gasteiger charge is 2.66. The minimum absolute atomic E-state index is 0.0963. The summed E-state index contributed by atoms with van der Waals surface area (Å²) >= 11 is 0. The van der Waals surface area contributed by atoms with Crippen molar-refractivity contribution < 1.29 is 45.5 Å². The van der Waals surface area contributed by atoms with E-state index in [-0.39, 0.29) is 24.5 Å². The van der Waals surface area contributed by atoms with Crippen molar-refractivity contribution >= 4 is 35.3 Å². The summed E-state index contributed by atoms with van der Waals surface area (Å²) in [5.41, 5.74) is -6.70. The van der Waals surface area contributed by atoms with Gasteiger partial charge < -0.3 is 9.80 Å². The maximum atomic E-state index is 13.5. The van der Waals surface area contributed by atoms with Crippen molar-refractivity contribution in [2.45, 2.75) is 68.4 Å². The van der Waals surface area contributed by atoms with E-state index in [4.69, 9.17) is 10.5 Å². The summed E-state index contributed by atoms with van der Waals surface area (Å²) in [6.07, 6.45) is -7.28. The highest BCUT2D eigenvalue weighted by Crippen LogP contribution is 2.51. The van der Waals surface area contributed by atoms with Crippen LogP contribution in [0.2, 0.25) is 0 Å². The summed E-state index contributed by atoms with van der Waals surface area (Å²) in [7, 11) is 0. The molecule has 10 nitrogen and oxygen atoms in total. The Morgan fingerprint density at radius 3 is 1.28 bits per heavy atom. The molecule has 0 bridgehead atoms. The molecule has 2 spiro atoms. The Balaban J connectivity index is 1.11. The molecule has 2 aromatic rings. The van der Waals surface area contributed by atoms with Crippen molar-refractivity contribution in [1.82, 2.24) is 9.80 Å². The van der Waals surface area contributed by atoms with Gasteiger partial charge in [0.25, 0.3) is 11.8 Å². The lowest BCUT2D eigenvalue weighted by molar-refractivity contribution is -0.138. The molecule has 0 radical (unpaired) electrons. The molecule has 47 heavy (non-hydrogen) atoms. The Morgan fingerprint density at radius 2 is 0.979 bits per heavy atom. The van der Waals surface area contributed by atoms with Crippen LogP contribution in [0.4, 0.5) is 47.3 Å². The minimum Gasteiger partial charge on any atom is -0.309 e. The summed E-state index contributed by atoms with van der Waals surface area (Å²) in [4.78, 5) is 57.2. The molecule has 2 saturated carbocycles. The van der Waals surface area contributed by atoms with Crippen LogP contribution < -0.4 is 9.80 Å². The van der Waals surface area contributed by atoms with Crippen LogP contribution in [-0.4, -0.2) is 57.8 Å². The first-order valence-electron chi connectivity index (χ1n) is 14.7. The molecule has 0 atom stereocenters. The Labute approximate surface area is 263 Å². The van der Waals surface area contributed by atoms with Crippen molar-refractivity contribution in [3.05, 3.63) is 58.7 Å². The number of hydrogen-bond donors (Lipinski definition) is 0. The normalized spacial score (nSPS) is 19.7. The predicted molar refractivity (Wildman–Crippen MR) is 149 cm³/mol. The van der Waals surface area contributed by atoms with Gasteiger partial charge in [-0.3, -0.25) is 9.59 Å². The van der Waals surface area contributed by atoms with Gasteiger partial charge in [0, 0.05) is 13.1 Å². The van der Waals surface area contributed by atoms with Gasteiger partial charge >= 0.3 is 24.4 Å². The highest BCUT2D eigenvalue weighted by atomic mass is 19.4. The van der Waals surface area contributed by atoms with Crippen LogP contribution in [0.3, 0.4) is 0 Å². The third-order valence-electron chi connectivity index (χ3n) is 9.17. The molecule has 6 rings (SSSR count). The molecule has 0 aromatic heterocycles. The molecule has 2 heterocycles. The lowest BCUT2D eigenvalue weighted by atomic mass is 10.1. The van der Waals surface area contributed by atoms with E-state index < -0.39 is 69.6 Å². The molecule has 2 aliphatic heterocycles. The number of imide groups is 2. The maximum absolute atomic E-state index is 13.5. The van der Waals surface area contributed by atoms with Crippen LogP contribution in [0.1, 0.15) is 67.2 Å². The number of halogens is 6. The third kappa shape index (κ3) is 5.03. The number of nitriles is 2. The number of carbonyl (C=O) groups excluding carboxylic acids is 4. The monoisotopic (exact) mass is 658 g/mol. The molecule has 0 unspecified atom stereocenters. The molecule has 0 N–H and O–H groups in total. The van der Waals surface area contributed by atoms with Gasteiger partial charge in [-0.1, -0.05) is 0 Å². The summed E-state index contributed by atoms with van der Waals surface area (Å²) in [5.74, 6) is -1.29. The first-order chi connectivity index (χ1) is 22.1. The third-order valence-corrected chi connectivity index (χ3v) is 9.17. The number of benzene rings is 2. The molecule has 2 aromatic carbocycles. The number of urea groups is 2.